The number of fused-ring (bicyclic) bond motifs is 4. The van der Waals surface area contributed by atoms with Crippen LogP contribution >= 0.6 is 0 Å². The smallest absolute Gasteiger partial charge is 0.121 e. The molecule has 10 rings (SSSR count). The molecule has 5 nitrogen and oxygen atoms in total. The second kappa shape index (κ2) is 19.3. The van der Waals surface area contributed by atoms with E-state index >= 15 is 0 Å². The quantitative estimate of drug-likeness (QED) is 0.142. The third kappa shape index (κ3) is 9.42. The molecule has 7 aromatic carbocycles. The maximum atomic E-state index is 9.45. The van der Waals surface area contributed by atoms with Crippen molar-refractivity contribution >= 4 is 33.0 Å². The molecule has 0 fully saturated rings. The normalized spacial score (nSPS) is 12.1. The molecule has 66 heavy (non-hydrogen) atoms. The molecular weight excluding hydrogens is 985 g/mol. The van der Waals surface area contributed by atoms with Crippen LogP contribution < -0.4 is 0 Å². The van der Waals surface area contributed by atoms with Crippen LogP contribution in [-0.2, 0) is 26.5 Å². The molecule has 1 radical (unpaired) electrons. The molecule has 0 unspecified atom stereocenters. The van der Waals surface area contributed by atoms with Crippen LogP contribution in [0, 0.1) is 28.9 Å². The number of para-hydroxylation sites is 2. The van der Waals surface area contributed by atoms with E-state index < -0.39 is 11.8 Å². The molecule has 329 valence electrons. The number of imidazole rings is 1. The predicted molar refractivity (Wildman–Crippen MR) is 268 cm³/mol. The number of hydrogen-bond acceptors (Lipinski definition) is 4. The summed E-state index contributed by atoms with van der Waals surface area (Å²) in [5, 5.41) is 11.5. The molecule has 0 aliphatic rings. The van der Waals surface area contributed by atoms with Gasteiger partial charge in [0, 0.05) is 40.1 Å². The maximum Gasteiger partial charge on any atom is 0.121 e. The van der Waals surface area contributed by atoms with Crippen LogP contribution in [0.15, 0.2) is 168 Å². The van der Waals surface area contributed by atoms with E-state index in [4.69, 9.17) is 12.1 Å². The Kier molecular flexibility index (Phi) is 12.6. The zero-order chi connectivity index (χ0) is 47.0. The monoisotopic (exact) mass is 1040 g/mol. The van der Waals surface area contributed by atoms with Crippen LogP contribution in [0.4, 0.5) is 0 Å². The van der Waals surface area contributed by atoms with E-state index in [1.807, 2.05) is 93.6 Å². The number of aromatic nitrogens is 3. The summed E-state index contributed by atoms with van der Waals surface area (Å²) in [7, 11) is 0. The fraction of sp³-hybridized carbons (Fsp3) is 0.183. The van der Waals surface area contributed by atoms with Crippen molar-refractivity contribution in [3.63, 3.8) is 0 Å². The fourth-order valence-corrected chi connectivity index (χ4v) is 8.50. The number of benzene rings is 7. The van der Waals surface area contributed by atoms with Gasteiger partial charge in [-0.2, -0.15) is 5.26 Å². The molecule has 0 amide bonds. The molecule has 3 heterocycles. The Morgan fingerprint density at radius 1 is 0.697 bits per heavy atom. The summed E-state index contributed by atoms with van der Waals surface area (Å²) in [6, 6.07) is 61.9. The van der Waals surface area contributed by atoms with Gasteiger partial charge < -0.3 is 14.0 Å². The molecule has 0 aliphatic carbocycles. The van der Waals surface area contributed by atoms with Crippen molar-refractivity contribution in [2.75, 3.05) is 0 Å². The third-order valence-electron chi connectivity index (χ3n) is 11.6. The van der Waals surface area contributed by atoms with Gasteiger partial charge in [0.05, 0.1) is 34.1 Å². The van der Waals surface area contributed by atoms with Crippen LogP contribution in [-0.4, -0.2) is 14.5 Å². The van der Waals surface area contributed by atoms with E-state index in [-0.39, 0.29) is 31.9 Å². The summed E-state index contributed by atoms with van der Waals surface area (Å²) >= 11 is 0. The summed E-state index contributed by atoms with van der Waals surface area (Å²) in [6.07, 6.45) is 0.223. The van der Waals surface area contributed by atoms with Crippen LogP contribution in [0.5, 0.6) is 0 Å². The van der Waals surface area contributed by atoms with Gasteiger partial charge in [-0.25, -0.2) is 0 Å². The van der Waals surface area contributed by atoms with Gasteiger partial charge in [0.1, 0.15) is 5.58 Å². The molecule has 0 bridgehead atoms. The van der Waals surface area contributed by atoms with Gasteiger partial charge in [-0.05, 0) is 111 Å². The van der Waals surface area contributed by atoms with Crippen molar-refractivity contribution in [1.29, 1.82) is 5.26 Å². The molecule has 0 saturated carbocycles. The second-order valence-corrected chi connectivity index (χ2v) is 18.1. The molecule has 6 heteroatoms. The van der Waals surface area contributed by atoms with Gasteiger partial charge in [-0.15, -0.1) is 54.1 Å². The zero-order valence-electron chi connectivity index (χ0n) is 40.3. The first-order valence-electron chi connectivity index (χ1n) is 23.3. The Morgan fingerprint density at radius 2 is 1.41 bits per heavy atom. The second-order valence-electron chi connectivity index (χ2n) is 18.1. The third-order valence-corrected chi connectivity index (χ3v) is 11.6. The first kappa shape index (κ1) is 43.0. The summed E-state index contributed by atoms with van der Waals surface area (Å²) in [5.41, 5.74) is 15.0. The number of rotatable bonds is 8. The largest absolute Gasteiger partial charge is 0.501 e. The minimum atomic E-state index is -1.40. The van der Waals surface area contributed by atoms with E-state index in [0.29, 0.717) is 11.1 Å². The Hall–Kier alpha value is -6.90. The summed E-state index contributed by atoms with van der Waals surface area (Å²) < 4.78 is 25.5. The molecule has 0 spiro atoms. The van der Waals surface area contributed by atoms with Crippen LogP contribution in [0.25, 0.3) is 83.6 Å². The zero-order valence-corrected chi connectivity index (χ0v) is 40.7. The fourth-order valence-electron chi connectivity index (χ4n) is 8.50. The first-order valence-corrected chi connectivity index (χ1v) is 22.3. The Bertz CT molecular complexity index is 3400. The first-order chi connectivity index (χ1) is 32.2. The van der Waals surface area contributed by atoms with Gasteiger partial charge in [0.15, 0.2) is 0 Å². The molecule has 0 saturated heterocycles. The predicted octanol–water partition coefficient (Wildman–Crippen LogP) is 16.0. The number of furan rings is 1. The standard InChI is InChI=1S/C44H34N3O.C16H18N.Ir/c1-27(2)37-23-33(30-13-6-5-7-14-30)24-38(28(3)4)42(37)47-40-19-9-8-18-39(40)46-44(47)36-17-11-16-35-34-21-20-32(25-41(34)48-43(35)36)31-15-10-12-29(22-31)26-45;1-16(2,3)11-13-9-10-15(17-12-13)14-7-5-4-6-8-14;/h5-16,18-25,27-28H,1-4H3;4-7,9-10,12H,11H2,1-3H3;/q2*-1;/i;11D2;. The molecule has 3 aromatic heterocycles. The molecule has 0 atom stereocenters. The van der Waals surface area contributed by atoms with Crippen LogP contribution in [0.3, 0.4) is 0 Å². The van der Waals surface area contributed by atoms with E-state index in [9.17, 15) is 5.26 Å². The van der Waals surface area contributed by atoms with E-state index in [1.54, 1.807) is 6.20 Å². The summed E-state index contributed by atoms with van der Waals surface area (Å²) in [5.74, 6) is 1.33. The molecule has 0 N–H and O–H groups in total. The number of pyridine rings is 1. The van der Waals surface area contributed by atoms with Gasteiger partial charge >= 0.3 is 0 Å². The summed E-state index contributed by atoms with van der Waals surface area (Å²) in [4.78, 5) is 9.64. The Balaban J connectivity index is 0.000000263. The van der Waals surface area contributed by atoms with Crippen LogP contribution in [0.1, 0.15) is 85.3 Å². The van der Waals surface area contributed by atoms with E-state index in [1.165, 1.54) is 27.9 Å². The molecular formula is C60H52IrN4O-2. The van der Waals surface area contributed by atoms with Crippen LogP contribution in [0.2, 0.25) is 0 Å². The minimum absolute atomic E-state index is 0. The van der Waals surface area contributed by atoms with E-state index in [0.717, 1.165) is 66.7 Å². The SMILES string of the molecule is CC(C)c1cc(-c2ccccc2)cc(C(C)C)c1-n1c(-c2[c-]ccc3c2oc2cc(-c4cccc(C#N)c4)ccc23)nc2ccccc21.[2H]C([2H])(c1ccc(-c2[c-]cccc2)nc1)C(C)(C)C.[Ir]. The van der Waals surface area contributed by atoms with Gasteiger partial charge in [0.25, 0.3) is 0 Å². The summed E-state index contributed by atoms with van der Waals surface area (Å²) in [6.45, 7) is 14.8. The Morgan fingerprint density at radius 3 is 2.09 bits per heavy atom. The van der Waals surface area contributed by atoms with Crippen molar-refractivity contribution in [3.8, 4) is 56.7 Å². The average Bonchev–Trinajstić information content (AvgIpc) is 3.92. The Labute approximate surface area is 405 Å². The number of nitrogens with zero attached hydrogens (tertiary/aromatic N) is 4. The molecule has 10 aromatic rings. The van der Waals surface area contributed by atoms with Crippen molar-refractivity contribution in [2.24, 2.45) is 5.41 Å². The topological polar surface area (TPSA) is 67.6 Å². The maximum absolute atomic E-state index is 9.45. The van der Waals surface area contributed by atoms with E-state index in [2.05, 4.69) is 140 Å². The average molecular weight is 1040 g/mol. The number of nitriles is 1. The number of hydrogen-bond donors (Lipinski definition) is 0. The minimum Gasteiger partial charge on any atom is -0.501 e. The van der Waals surface area contributed by atoms with Gasteiger partial charge in [-0.1, -0.05) is 138 Å². The van der Waals surface area contributed by atoms with Gasteiger partial charge in [0.2, 0.25) is 0 Å². The van der Waals surface area contributed by atoms with Crippen molar-refractivity contribution in [1.82, 2.24) is 14.5 Å². The van der Waals surface area contributed by atoms with Gasteiger partial charge in [-0.3, -0.25) is 4.98 Å². The van der Waals surface area contributed by atoms with Crippen molar-refractivity contribution in [2.45, 2.75) is 66.7 Å². The van der Waals surface area contributed by atoms with Crippen molar-refractivity contribution in [3.05, 3.63) is 198 Å². The molecule has 0 aliphatic heterocycles. The van der Waals surface area contributed by atoms with Crippen molar-refractivity contribution < 1.29 is 27.3 Å².